The van der Waals surface area contributed by atoms with Gasteiger partial charge in [-0.1, -0.05) is 32.0 Å². The van der Waals surface area contributed by atoms with Crippen molar-refractivity contribution in [1.82, 2.24) is 0 Å². The molecule has 0 aliphatic carbocycles. The van der Waals surface area contributed by atoms with Crippen LogP contribution >= 0.6 is 0 Å². The summed E-state index contributed by atoms with van der Waals surface area (Å²) in [4.78, 5) is 0. The second-order valence-corrected chi connectivity index (χ2v) is 6.60. The normalized spacial score (nSPS) is 25.3. The van der Waals surface area contributed by atoms with Gasteiger partial charge in [0.05, 0.1) is 6.04 Å². The maximum Gasteiger partial charge on any atom is 0.148 e. The highest BCUT2D eigenvalue weighted by molar-refractivity contribution is 5.59. The molecule has 2 aromatic carbocycles. The van der Waals surface area contributed by atoms with Crippen LogP contribution in [-0.2, 0) is 9.47 Å². The van der Waals surface area contributed by atoms with Gasteiger partial charge in [0, 0.05) is 16.8 Å². The Kier molecular flexibility index (Phi) is 3.77. The predicted molar refractivity (Wildman–Crippen MR) is 86.8 cm³/mol. The lowest BCUT2D eigenvalue weighted by Gasteiger charge is -2.35. The summed E-state index contributed by atoms with van der Waals surface area (Å²) >= 11 is 0. The largest absolute Gasteiger partial charge is 0.375 e. The van der Waals surface area contributed by atoms with Crippen LogP contribution in [0.4, 0.5) is 14.5 Å². The van der Waals surface area contributed by atoms with Gasteiger partial charge in [-0.15, -0.1) is 0 Å². The summed E-state index contributed by atoms with van der Waals surface area (Å²) in [7, 11) is 0. The van der Waals surface area contributed by atoms with E-state index in [1.165, 1.54) is 23.8 Å². The molecule has 4 rings (SSSR count). The molecule has 126 valence electrons. The number of anilines is 1. The molecule has 1 fully saturated rings. The molecule has 24 heavy (non-hydrogen) atoms. The van der Waals surface area contributed by atoms with Gasteiger partial charge in [-0.25, -0.2) is 8.78 Å². The van der Waals surface area contributed by atoms with E-state index >= 15 is 0 Å². The zero-order chi connectivity index (χ0) is 16.8. The van der Waals surface area contributed by atoms with Crippen molar-refractivity contribution >= 4 is 5.69 Å². The van der Waals surface area contributed by atoms with E-state index in [4.69, 9.17) is 9.47 Å². The minimum Gasteiger partial charge on any atom is -0.375 e. The Bertz CT molecular complexity index is 758. The molecular formula is C19H19F2NO2. The Hall–Kier alpha value is -1.98. The van der Waals surface area contributed by atoms with Gasteiger partial charge >= 0.3 is 0 Å². The average molecular weight is 331 g/mol. The van der Waals surface area contributed by atoms with Gasteiger partial charge in [0.15, 0.2) is 0 Å². The van der Waals surface area contributed by atoms with Gasteiger partial charge < -0.3 is 14.8 Å². The number of fused-ring (bicyclic) bond motifs is 3. The molecule has 0 saturated carbocycles. The topological polar surface area (TPSA) is 30.5 Å². The molecule has 1 N–H and O–H groups in total. The number of benzene rings is 2. The first-order valence-corrected chi connectivity index (χ1v) is 8.13. The van der Waals surface area contributed by atoms with Crippen molar-refractivity contribution in [2.24, 2.45) is 0 Å². The number of hydrogen-bond acceptors (Lipinski definition) is 3. The van der Waals surface area contributed by atoms with E-state index in [0.717, 1.165) is 11.3 Å². The molecule has 0 amide bonds. The van der Waals surface area contributed by atoms with Gasteiger partial charge in [0.1, 0.15) is 30.6 Å². The highest BCUT2D eigenvalue weighted by Gasteiger charge is 2.44. The SMILES string of the molecule is CC(C)c1ccc2c(c1)C1OCOC1[C@H](c1c(F)cccc1F)N2. The van der Waals surface area contributed by atoms with Crippen LogP contribution in [0.25, 0.3) is 0 Å². The van der Waals surface area contributed by atoms with E-state index in [0.29, 0.717) is 5.92 Å². The maximum absolute atomic E-state index is 14.3. The van der Waals surface area contributed by atoms with Crippen LogP contribution in [0.3, 0.4) is 0 Å². The van der Waals surface area contributed by atoms with Crippen molar-refractivity contribution in [3.8, 4) is 0 Å². The van der Waals surface area contributed by atoms with Crippen molar-refractivity contribution in [2.75, 3.05) is 12.1 Å². The molecule has 0 aromatic heterocycles. The second kappa shape index (κ2) is 5.83. The van der Waals surface area contributed by atoms with Gasteiger partial charge in [0.2, 0.25) is 0 Å². The zero-order valence-corrected chi connectivity index (χ0v) is 13.6. The second-order valence-electron chi connectivity index (χ2n) is 6.60. The van der Waals surface area contributed by atoms with E-state index in [1.807, 2.05) is 12.1 Å². The van der Waals surface area contributed by atoms with Crippen LogP contribution in [0.5, 0.6) is 0 Å². The van der Waals surface area contributed by atoms with E-state index < -0.39 is 23.8 Å². The van der Waals surface area contributed by atoms with Crippen molar-refractivity contribution < 1.29 is 18.3 Å². The fraction of sp³-hybridized carbons (Fsp3) is 0.368. The summed E-state index contributed by atoms with van der Waals surface area (Å²) in [5.41, 5.74) is 3.01. The average Bonchev–Trinajstić information content (AvgIpc) is 3.04. The molecule has 5 heteroatoms. The Morgan fingerprint density at radius 2 is 1.83 bits per heavy atom. The molecular weight excluding hydrogens is 312 g/mol. The van der Waals surface area contributed by atoms with Crippen molar-refractivity contribution in [2.45, 2.75) is 38.0 Å². The van der Waals surface area contributed by atoms with Gasteiger partial charge in [-0.2, -0.15) is 0 Å². The fourth-order valence-electron chi connectivity index (χ4n) is 3.51. The smallest absolute Gasteiger partial charge is 0.148 e. The summed E-state index contributed by atoms with van der Waals surface area (Å²) in [6.07, 6.45) is -0.796. The first kappa shape index (κ1) is 15.5. The third-order valence-electron chi connectivity index (χ3n) is 4.81. The lowest BCUT2D eigenvalue weighted by molar-refractivity contribution is 0.0363. The summed E-state index contributed by atoms with van der Waals surface area (Å²) in [5.74, 6) is -0.772. The minimum atomic E-state index is -0.629. The first-order chi connectivity index (χ1) is 11.6. The van der Waals surface area contributed by atoms with Crippen LogP contribution in [0, 0.1) is 11.6 Å². The molecule has 1 saturated heterocycles. The molecule has 0 radical (unpaired) electrons. The highest BCUT2D eigenvalue weighted by atomic mass is 19.1. The summed E-state index contributed by atoms with van der Waals surface area (Å²) in [6, 6.07) is 9.34. The van der Waals surface area contributed by atoms with Crippen molar-refractivity contribution in [3.05, 3.63) is 64.7 Å². The highest BCUT2D eigenvalue weighted by Crippen LogP contribution is 2.46. The Morgan fingerprint density at radius 3 is 2.54 bits per heavy atom. The molecule has 2 aromatic rings. The van der Waals surface area contributed by atoms with Crippen LogP contribution in [0.15, 0.2) is 36.4 Å². The summed E-state index contributed by atoms with van der Waals surface area (Å²) in [5, 5.41) is 3.25. The maximum atomic E-state index is 14.3. The predicted octanol–water partition coefficient (Wildman–Crippen LogP) is 4.67. The van der Waals surface area contributed by atoms with Crippen LogP contribution in [-0.4, -0.2) is 12.9 Å². The summed E-state index contributed by atoms with van der Waals surface area (Å²) in [6.45, 7) is 4.37. The molecule has 2 heterocycles. The Morgan fingerprint density at radius 1 is 1.08 bits per heavy atom. The van der Waals surface area contributed by atoms with E-state index in [-0.39, 0.29) is 18.5 Å². The lowest BCUT2D eigenvalue weighted by Crippen LogP contribution is -2.35. The monoisotopic (exact) mass is 331 g/mol. The van der Waals surface area contributed by atoms with Gasteiger partial charge in [-0.05, 0) is 29.7 Å². The molecule has 2 unspecified atom stereocenters. The minimum absolute atomic E-state index is 0.00316. The number of nitrogens with one attached hydrogen (secondary N) is 1. The molecule has 2 aliphatic heterocycles. The summed E-state index contributed by atoms with van der Waals surface area (Å²) < 4.78 is 39.9. The van der Waals surface area contributed by atoms with Crippen LogP contribution in [0.1, 0.15) is 48.6 Å². The molecule has 3 nitrogen and oxygen atoms in total. The van der Waals surface area contributed by atoms with Crippen LogP contribution in [0.2, 0.25) is 0 Å². The first-order valence-electron chi connectivity index (χ1n) is 8.13. The number of ether oxygens (including phenoxy) is 2. The van der Waals surface area contributed by atoms with E-state index in [1.54, 1.807) is 0 Å². The number of halogens is 2. The van der Waals surface area contributed by atoms with E-state index in [2.05, 4.69) is 25.2 Å². The van der Waals surface area contributed by atoms with E-state index in [9.17, 15) is 8.78 Å². The van der Waals surface area contributed by atoms with Gasteiger partial charge in [-0.3, -0.25) is 0 Å². The third-order valence-corrected chi connectivity index (χ3v) is 4.81. The Balaban J connectivity index is 1.81. The van der Waals surface area contributed by atoms with Gasteiger partial charge in [0.25, 0.3) is 0 Å². The quantitative estimate of drug-likeness (QED) is 0.867. The fourth-order valence-corrected chi connectivity index (χ4v) is 3.51. The standard InChI is InChI=1S/C19H19F2NO2/c1-10(2)11-6-7-15-12(8-11)18-19(24-9-23-18)17(22-15)16-13(20)4-3-5-14(16)21/h3-8,10,17-19,22H,9H2,1-2H3/t17-,18?,19?/m0/s1. The Labute approximate surface area is 139 Å². The third kappa shape index (κ3) is 2.39. The molecule has 0 spiro atoms. The van der Waals surface area contributed by atoms with Crippen molar-refractivity contribution in [3.63, 3.8) is 0 Å². The zero-order valence-electron chi connectivity index (χ0n) is 13.6. The van der Waals surface area contributed by atoms with Crippen molar-refractivity contribution in [1.29, 1.82) is 0 Å². The molecule has 2 aliphatic rings. The lowest BCUT2D eigenvalue weighted by atomic mass is 9.86. The molecule has 3 atom stereocenters. The number of hydrogen-bond donors (Lipinski definition) is 1. The van der Waals surface area contributed by atoms with Crippen LogP contribution < -0.4 is 5.32 Å². The molecule has 0 bridgehead atoms. The number of rotatable bonds is 2.